The van der Waals surface area contributed by atoms with Crippen LogP contribution in [0.5, 0.6) is 5.75 Å². The zero-order chi connectivity index (χ0) is 22.2. The molecule has 0 saturated carbocycles. The van der Waals surface area contributed by atoms with Gasteiger partial charge in [-0.15, -0.1) is 17.8 Å². The number of nitrogens with zero attached hydrogens (tertiary/aromatic N) is 2. The van der Waals surface area contributed by atoms with Crippen molar-refractivity contribution in [3.8, 4) is 29.4 Å². The fourth-order valence-electron chi connectivity index (χ4n) is 3.39. The highest BCUT2D eigenvalue weighted by Crippen LogP contribution is 2.37. The van der Waals surface area contributed by atoms with Crippen LogP contribution in [-0.4, -0.2) is 25.2 Å². The Hall–Kier alpha value is -2.55. The molecule has 0 saturated heterocycles. The largest absolute Gasteiger partial charge is 0.497 e. The average molecular weight is 457 g/mol. The molecule has 31 heavy (non-hydrogen) atoms. The average Bonchev–Trinajstić information content (AvgIpc) is 3.15. The molecule has 0 bridgehead atoms. The van der Waals surface area contributed by atoms with Crippen molar-refractivity contribution in [3.05, 3.63) is 63.7 Å². The maximum atomic E-state index is 13.0. The van der Waals surface area contributed by atoms with Crippen molar-refractivity contribution in [3.63, 3.8) is 0 Å². The number of unbranched alkanes of at least 4 members (excludes halogenated alkanes) is 2. The van der Waals surface area contributed by atoms with E-state index in [1.807, 2.05) is 31.2 Å². The topological polar surface area (TPSA) is 25.4 Å². The van der Waals surface area contributed by atoms with E-state index < -0.39 is 0 Å². The lowest BCUT2D eigenvalue weighted by atomic mass is 10.1. The van der Waals surface area contributed by atoms with Crippen LogP contribution in [-0.2, 0) is 6.42 Å². The van der Waals surface area contributed by atoms with Gasteiger partial charge in [0.25, 0.3) is 0 Å². The van der Waals surface area contributed by atoms with Crippen molar-refractivity contribution in [2.45, 2.75) is 32.6 Å². The summed E-state index contributed by atoms with van der Waals surface area (Å²) in [6, 6.07) is 12.4. The normalized spacial score (nSPS) is 10.7. The lowest BCUT2D eigenvalue weighted by Crippen LogP contribution is -2.24. The van der Waals surface area contributed by atoms with Crippen LogP contribution >= 0.6 is 22.9 Å². The highest BCUT2D eigenvalue weighted by atomic mass is 35.5. The van der Waals surface area contributed by atoms with E-state index in [2.05, 4.69) is 10.8 Å². The molecule has 0 aliphatic rings. The number of hydrogen-bond acceptors (Lipinski definition) is 4. The first kappa shape index (κ1) is 23.1. The van der Waals surface area contributed by atoms with Crippen molar-refractivity contribution in [2.75, 3.05) is 25.1 Å². The van der Waals surface area contributed by atoms with Crippen LogP contribution in [0.2, 0.25) is 5.02 Å². The van der Waals surface area contributed by atoms with Gasteiger partial charge in [-0.25, -0.2) is 9.37 Å². The van der Waals surface area contributed by atoms with Gasteiger partial charge in [-0.05, 0) is 62.1 Å². The van der Waals surface area contributed by atoms with Crippen LogP contribution in [0.25, 0.3) is 11.3 Å². The second-order valence-corrected chi connectivity index (χ2v) is 8.90. The Morgan fingerprint density at radius 1 is 1.16 bits per heavy atom. The molecule has 2 aromatic carbocycles. The highest BCUT2D eigenvalue weighted by Gasteiger charge is 2.17. The van der Waals surface area contributed by atoms with Gasteiger partial charge < -0.3 is 9.64 Å². The first-order valence-corrected chi connectivity index (χ1v) is 11.5. The second kappa shape index (κ2) is 11.2. The number of benzene rings is 2. The molecule has 3 nitrogen and oxygen atoms in total. The fraction of sp³-hybridized carbons (Fsp3) is 0.320. The number of terminal acetylenes is 1. The van der Waals surface area contributed by atoms with E-state index in [9.17, 15) is 4.39 Å². The molecular formula is C25H26ClFN2OS. The van der Waals surface area contributed by atoms with Crippen LogP contribution in [0, 0.1) is 25.1 Å². The first-order valence-electron chi connectivity index (χ1n) is 10.3. The first-order chi connectivity index (χ1) is 15.0. The maximum Gasteiger partial charge on any atom is 0.186 e. The lowest BCUT2D eigenvalue weighted by Gasteiger charge is -2.19. The molecule has 1 heterocycles. The number of anilines is 1. The number of hydrogen-bond donors (Lipinski definition) is 0. The van der Waals surface area contributed by atoms with E-state index in [1.54, 1.807) is 24.5 Å². The van der Waals surface area contributed by atoms with Gasteiger partial charge in [0.15, 0.2) is 5.13 Å². The van der Waals surface area contributed by atoms with Crippen LogP contribution < -0.4 is 9.64 Å². The van der Waals surface area contributed by atoms with Crippen molar-refractivity contribution >= 4 is 28.1 Å². The molecule has 0 aliphatic carbocycles. The minimum Gasteiger partial charge on any atom is -0.497 e. The molecule has 0 aliphatic heterocycles. The summed E-state index contributed by atoms with van der Waals surface area (Å²) in [6.07, 6.45) is 9.71. The quantitative estimate of drug-likeness (QED) is 0.248. The second-order valence-electron chi connectivity index (χ2n) is 7.31. The predicted molar refractivity (Wildman–Crippen MR) is 129 cm³/mol. The molecule has 1 aromatic heterocycles. The van der Waals surface area contributed by atoms with Gasteiger partial charge in [0.05, 0.1) is 24.4 Å². The minimum absolute atomic E-state index is 0.192. The van der Waals surface area contributed by atoms with Crippen molar-refractivity contribution in [1.82, 2.24) is 4.98 Å². The molecule has 0 unspecified atom stereocenters. The number of ether oxygens (including phenoxy) is 1. The van der Waals surface area contributed by atoms with Gasteiger partial charge in [0.1, 0.15) is 11.6 Å². The third kappa shape index (κ3) is 6.22. The van der Waals surface area contributed by atoms with E-state index >= 15 is 0 Å². The number of aromatic nitrogens is 1. The monoisotopic (exact) mass is 456 g/mol. The molecule has 0 fully saturated rings. The third-order valence-electron chi connectivity index (χ3n) is 5.08. The zero-order valence-electron chi connectivity index (χ0n) is 17.8. The molecule has 3 aromatic rings. The fourth-order valence-corrected chi connectivity index (χ4v) is 4.60. The summed E-state index contributed by atoms with van der Waals surface area (Å²) >= 11 is 8.09. The summed E-state index contributed by atoms with van der Waals surface area (Å²) in [5.74, 6) is 3.27. The lowest BCUT2D eigenvalue weighted by molar-refractivity contribution is 0.415. The van der Waals surface area contributed by atoms with Crippen LogP contribution in [0.1, 0.15) is 29.7 Å². The molecule has 0 atom stereocenters. The van der Waals surface area contributed by atoms with Crippen molar-refractivity contribution < 1.29 is 9.13 Å². The van der Waals surface area contributed by atoms with Gasteiger partial charge in [0, 0.05) is 17.0 Å². The van der Waals surface area contributed by atoms with E-state index in [1.165, 1.54) is 17.7 Å². The van der Waals surface area contributed by atoms with Crippen molar-refractivity contribution in [1.29, 1.82) is 0 Å². The maximum absolute atomic E-state index is 13.0. The number of rotatable bonds is 10. The van der Waals surface area contributed by atoms with Gasteiger partial charge in [0.2, 0.25) is 0 Å². The third-order valence-corrected chi connectivity index (χ3v) is 6.42. The number of halogens is 2. The Labute approximate surface area is 192 Å². The minimum atomic E-state index is -0.192. The van der Waals surface area contributed by atoms with E-state index in [0.717, 1.165) is 59.2 Å². The molecule has 162 valence electrons. The molecule has 0 amide bonds. The molecular weight excluding hydrogens is 431 g/mol. The number of aryl methyl sites for hydroxylation is 2. The summed E-state index contributed by atoms with van der Waals surface area (Å²) in [6.45, 7) is 3.41. The summed E-state index contributed by atoms with van der Waals surface area (Å²) in [4.78, 5) is 8.11. The Kier molecular flexibility index (Phi) is 8.34. The molecule has 0 N–H and O–H groups in total. The Morgan fingerprint density at radius 3 is 2.61 bits per heavy atom. The van der Waals surface area contributed by atoms with Gasteiger partial charge in [-0.1, -0.05) is 36.1 Å². The van der Waals surface area contributed by atoms with E-state index in [4.69, 9.17) is 27.7 Å². The Balaban J connectivity index is 1.61. The Bertz CT molecular complexity index is 1040. The number of thiazole rings is 1. The van der Waals surface area contributed by atoms with Crippen LogP contribution in [0.3, 0.4) is 0 Å². The van der Waals surface area contributed by atoms with E-state index in [-0.39, 0.29) is 5.82 Å². The molecule has 0 spiro atoms. The standard InChI is InChI=1S/C25H26ClFN2OS/c1-4-15-29(16-7-5-6-8-19-9-11-20(27)12-10-19)25-28-24(18(2)31-25)22-14-13-21(30-3)17-23(22)26/h1,9-14,17H,5-8,15-16H2,2-3H3. The summed E-state index contributed by atoms with van der Waals surface area (Å²) < 4.78 is 18.2. The van der Waals surface area contributed by atoms with Crippen molar-refractivity contribution in [2.24, 2.45) is 0 Å². The predicted octanol–water partition coefficient (Wildman–Crippen LogP) is 6.77. The molecule has 3 rings (SSSR count). The zero-order valence-corrected chi connectivity index (χ0v) is 19.4. The summed E-state index contributed by atoms with van der Waals surface area (Å²) in [7, 11) is 1.62. The molecule has 0 radical (unpaired) electrons. The van der Waals surface area contributed by atoms with Gasteiger partial charge in [-0.2, -0.15) is 0 Å². The summed E-state index contributed by atoms with van der Waals surface area (Å²) in [5.41, 5.74) is 2.94. The van der Waals surface area contributed by atoms with Crippen LogP contribution in [0.15, 0.2) is 42.5 Å². The smallest absolute Gasteiger partial charge is 0.186 e. The van der Waals surface area contributed by atoms with Gasteiger partial charge >= 0.3 is 0 Å². The molecule has 6 heteroatoms. The number of methoxy groups -OCH3 is 1. The summed E-state index contributed by atoms with van der Waals surface area (Å²) in [5, 5.41) is 1.53. The highest BCUT2D eigenvalue weighted by molar-refractivity contribution is 7.16. The van der Waals surface area contributed by atoms with Crippen LogP contribution in [0.4, 0.5) is 9.52 Å². The SMILES string of the molecule is C#CCN(CCCCCc1ccc(F)cc1)c1nc(-c2ccc(OC)cc2Cl)c(C)s1. The Morgan fingerprint density at radius 2 is 1.94 bits per heavy atom. The van der Waals surface area contributed by atoms with Gasteiger partial charge in [-0.3, -0.25) is 0 Å². The van der Waals surface area contributed by atoms with E-state index in [0.29, 0.717) is 11.6 Å².